The lowest BCUT2D eigenvalue weighted by Crippen LogP contribution is -2.65. The van der Waals surface area contributed by atoms with Crippen LogP contribution in [0.25, 0.3) is 0 Å². The van der Waals surface area contributed by atoms with Crippen molar-refractivity contribution in [2.75, 3.05) is 32.8 Å². The van der Waals surface area contributed by atoms with Crippen molar-refractivity contribution in [2.24, 2.45) is 11.8 Å². The number of rotatable bonds is 9. The van der Waals surface area contributed by atoms with Crippen LogP contribution in [0.4, 0.5) is 0 Å². The Morgan fingerprint density at radius 3 is 2.38 bits per heavy atom. The Balaban J connectivity index is 2.48. The third-order valence-corrected chi connectivity index (χ3v) is 4.97. The second kappa shape index (κ2) is 9.12. The molecule has 0 aromatic heterocycles. The first-order valence-corrected chi connectivity index (χ1v) is 9.01. The molecule has 1 unspecified atom stereocenters. The van der Waals surface area contributed by atoms with E-state index in [2.05, 4.69) is 51.8 Å². The lowest BCUT2D eigenvalue weighted by molar-refractivity contribution is 0.0371. The Morgan fingerprint density at radius 1 is 1.19 bits per heavy atom. The van der Waals surface area contributed by atoms with Crippen LogP contribution in [0.2, 0.25) is 0 Å². The van der Waals surface area contributed by atoms with Gasteiger partial charge in [0.1, 0.15) is 0 Å². The van der Waals surface area contributed by atoms with E-state index in [4.69, 9.17) is 4.74 Å². The molecule has 1 heterocycles. The average Bonchev–Trinajstić information content (AvgIpc) is 2.46. The first kappa shape index (κ1) is 18.9. The Hall–Kier alpha value is -0.120. The van der Waals surface area contributed by atoms with Crippen molar-refractivity contribution in [3.8, 4) is 0 Å². The van der Waals surface area contributed by atoms with Crippen LogP contribution >= 0.6 is 0 Å². The van der Waals surface area contributed by atoms with Crippen molar-refractivity contribution in [2.45, 2.75) is 72.4 Å². The summed E-state index contributed by atoms with van der Waals surface area (Å²) in [5, 5.41) is 3.84. The molecule has 1 fully saturated rings. The largest absolute Gasteiger partial charge is 0.381 e. The van der Waals surface area contributed by atoms with E-state index in [1.165, 1.54) is 25.9 Å². The molecular formula is C18H38N2O. The number of hydrogen-bond donors (Lipinski definition) is 1. The molecule has 0 aromatic rings. The van der Waals surface area contributed by atoms with Gasteiger partial charge in [0.25, 0.3) is 0 Å². The minimum Gasteiger partial charge on any atom is -0.381 e. The molecular weight excluding hydrogens is 260 g/mol. The van der Waals surface area contributed by atoms with Crippen molar-refractivity contribution in [1.29, 1.82) is 0 Å². The van der Waals surface area contributed by atoms with Gasteiger partial charge in [0.05, 0.1) is 0 Å². The maximum absolute atomic E-state index is 5.74. The average molecular weight is 299 g/mol. The van der Waals surface area contributed by atoms with E-state index in [1.807, 2.05) is 0 Å². The first-order chi connectivity index (χ1) is 9.94. The van der Waals surface area contributed by atoms with Crippen LogP contribution in [0, 0.1) is 11.8 Å². The standard InChI is InChI=1S/C18H38N2O/c1-7-18(8-2)14-20(17(12-19-18)16(5)6)10-9-11-21-13-15(3)4/h15-17,19H,7-14H2,1-6H3. The summed E-state index contributed by atoms with van der Waals surface area (Å²) in [5.74, 6) is 1.35. The van der Waals surface area contributed by atoms with Crippen molar-refractivity contribution in [3.63, 3.8) is 0 Å². The molecule has 0 aromatic carbocycles. The molecule has 3 heteroatoms. The zero-order valence-electron chi connectivity index (χ0n) is 15.2. The van der Waals surface area contributed by atoms with Gasteiger partial charge in [0.15, 0.2) is 0 Å². The Labute approximate surface area is 132 Å². The highest BCUT2D eigenvalue weighted by Crippen LogP contribution is 2.25. The summed E-state index contributed by atoms with van der Waals surface area (Å²) in [6.07, 6.45) is 3.59. The molecule has 0 amide bonds. The molecule has 1 atom stereocenters. The fraction of sp³-hybridized carbons (Fsp3) is 1.00. The van der Waals surface area contributed by atoms with Gasteiger partial charge in [-0.05, 0) is 31.1 Å². The Bertz CT molecular complexity index is 274. The van der Waals surface area contributed by atoms with Crippen LogP contribution in [-0.4, -0.2) is 49.3 Å². The molecule has 1 aliphatic heterocycles. The van der Waals surface area contributed by atoms with Gasteiger partial charge in [0.2, 0.25) is 0 Å². The van der Waals surface area contributed by atoms with Gasteiger partial charge >= 0.3 is 0 Å². The van der Waals surface area contributed by atoms with E-state index in [1.54, 1.807) is 0 Å². The number of nitrogens with one attached hydrogen (secondary N) is 1. The number of hydrogen-bond acceptors (Lipinski definition) is 3. The second-order valence-electron chi connectivity index (χ2n) is 7.47. The van der Waals surface area contributed by atoms with Crippen molar-refractivity contribution >= 4 is 0 Å². The maximum Gasteiger partial charge on any atom is 0.0489 e. The monoisotopic (exact) mass is 298 g/mol. The minimum atomic E-state index is 0.324. The minimum absolute atomic E-state index is 0.324. The maximum atomic E-state index is 5.74. The fourth-order valence-electron chi connectivity index (χ4n) is 3.33. The highest BCUT2D eigenvalue weighted by atomic mass is 16.5. The van der Waals surface area contributed by atoms with E-state index in [9.17, 15) is 0 Å². The third-order valence-electron chi connectivity index (χ3n) is 4.97. The quantitative estimate of drug-likeness (QED) is 0.659. The Morgan fingerprint density at radius 2 is 1.86 bits per heavy atom. The predicted molar refractivity (Wildman–Crippen MR) is 91.8 cm³/mol. The second-order valence-corrected chi connectivity index (χ2v) is 7.47. The molecule has 0 bridgehead atoms. The summed E-state index contributed by atoms with van der Waals surface area (Å²) >= 11 is 0. The summed E-state index contributed by atoms with van der Waals surface area (Å²) in [6.45, 7) is 19.0. The molecule has 1 aliphatic rings. The normalized spacial score (nSPS) is 23.1. The zero-order valence-corrected chi connectivity index (χ0v) is 15.2. The van der Waals surface area contributed by atoms with Crippen LogP contribution in [0.15, 0.2) is 0 Å². The lowest BCUT2D eigenvalue weighted by Gasteiger charge is -2.49. The fourth-order valence-corrected chi connectivity index (χ4v) is 3.33. The van der Waals surface area contributed by atoms with E-state index in [0.29, 0.717) is 23.4 Å². The summed E-state index contributed by atoms with van der Waals surface area (Å²) in [7, 11) is 0. The zero-order chi connectivity index (χ0) is 15.9. The van der Waals surface area contributed by atoms with Crippen LogP contribution in [0.3, 0.4) is 0 Å². The molecule has 0 spiro atoms. The van der Waals surface area contributed by atoms with Gasteiger partial charge in [-0.1, -0.05) is 41.5 Å². The van der Waals surface area contributed by atoms with Gasteiger partial charge in [0, 0.05) is 44.4 Å². The van der Waals surface area contributed by atoms with E-state index in [0.717, 1.165) is 26.2 Å². The lowest BCUT2D eigenvalue weighted by atomic mass is 9.86. The molecule has 3 nitrogen and oxygen atoms in total. The molecule has 126 valence electrons. The summed E-state index contributed by atoms with van der Waals surface area (Å²) in [5.41, 5.74) is 0.324. The number of ether oxygens (including phenoxy) is 1. The molecule has 1 N–H and O–H groups in total. The number of piperazine rings is 1. The van der Waals surface area contributed by atoms with Crippen molar-refractivity contribution in [3.05, 3.63) is 0 Å². The molecule has 1 rings (SSSR count). The van der Waals surface area contributed by atoms with Gasteiger partial charge in [-0.3, -0.25) is 4.90 Å². The third kappa shape index (κ3) is 5.88. The highest BCUT2D eigenvalue weighted by molar-refractivity contribution is 4.97. The Kier molecular flexibility index (Phi) is 8.22. The van der Waals surface area contributed by atoms with Crippen molar-refractivity contribution < 1.29 is 4.74 Å². The summed E-state index contributed by atoms with van der Waals surface area (Å²) in [6, 6.07) is 0.668. The van der Waals surface area contributed by atoms with Crippen LogP contribution in [0.1, 0.15) is 60.8 Å². The first-order valence-electron chi connectivity index (χ1n) is 9.01. The molecule has 21 heavy (non-hydrogen) atoms. The summed E-state index contributed by atoms with van der Waals surface area (Å²) < 4.78 is 5.74. The van der Waals surface area contributed by atoms with Crippen molar-refractivity contribution in [1.82, 2.24) is 10.2 Å². The molecule has 0 radical (unpaired) electrons. The van der Waals surface area contributed by atoms with E-state index >= 15 is 0 Å². The topological polar surface area (TPSA) is 24.5 Å². The SMILES string of the molecule is CCC1(CC)CN(CCCOCC(C)C)C(C(C)C)CN1. The van der Waals surface area contributed by atoms with Crippen LogP contribution < -0.4 is 5.32 Å². The number of nitrogens with zero attached hydrogens (tertiary/aromatic N) is 1. The van der Waals surface area contributed by atoms with E-state index in [-0.39, 0.29) is 0 Å². The highest BCUT2D eigenvalue weighted by Gasteiger charge is 2.37. The van der Waals surface area contributed by atoms with E-state index < -0.39 is 0 Å². The van der Waals surface area contributed by atoms with Gasteiger partial charge < -0.3 is 10.1 Å². The van der Waals surface area contributed by atoms with Crippen LogP contribution in [0.5, 0.6) is 0 Å². The van der Waals surface area contributed by atoms with Gasteiger partial charge in [-0.25, -0.2) is 0 Å². The van der Waals surface area contributed by atoms with Gasteiger partial charge in [-0.2, -0.15) is 0 Å². The molecule has 1 saturated heterocycles. The van der Waals surface area contributed by atoms with Gasteiger partial charge in [-0.15, -0.1) is 0 Å². The summed E-state index contributed by atoms with van der Waals surface area (Å²) in [4.78, 5) is 2.72. The predicted octanol–water partition coefficient (Wildman–Crippen LogP) is 3.54. The van der Waals surface area contributed by atoms with Crippen LogP contribution in [-0.2, 0) is 4.74 Å². The molecule has 0 saturated carbocycles. The smallest absolute Gasteiger partial charge is 0.0489 e. The molecule has 0 aliphatic carbocycles.